The lowest BCUT2D eigenvalue weighted by molar-refractivity contribution is -0.0971. The second-order valence-electron chi connectivity index (χ2n) is 5.73. The summed E-state index contributed by atoms with van der Waals surface area (Å²) in [5.41, 5.74) is 0.503. The molecule has 74 valence electrons. The molecule has 0 radical (unpaired) electrons. The van der Waals surface area contributed by atoms with Gasteiger partial charge in [-0.25, -0.2) is 5.90 Å². The average Bonchev–Trinajstić information content (AvgIpc) is 2.00. The molecule has 0 aliphatic heterocycles. The Kier molecular flexibility index (Phi) is 1.72. The summed E-state index contributed by atoms with van der Waals surface area (Å²) < 4.78 is 0. The van der Waals surface area contributed by atoms with Crippen LogP contribution in [-0.4, -0.2) is 6.61 Å². The Labute approximate surface area is 79.8 Å². The first-order chi connectivity index (χ1) is 6.30. The molecule has 4 aliphatic carbocycles. The number of hydrogen-bond donors (Lipinski definition) is 1. The lowest BCUT2D eigenvalue weighted by Gasteiger charge is -2.56. The molecular formula is C11H19NO. The van der Waals surface area contributed by atoms with Crippen molar-refractivity contribution < 1.29 is 4.84 Å². The van der Waals surface area contributed by atoms with E-state index in [-0.39, 0.29) is 0 Å². The van der Waals surface area contributed by atoms with Gasteiger partial charge in [0, 0.05) is 0 Å². The largest absolute Gasteiger partial charge is 0.304 e. The Bertz CT molecular complexity index is 179. The van der Waals surface area contributed by atoms with Gasteiger partial charge in [0.1, 0.15) is 0 Å². The van der Waals surface area contributed by atoms with E-state index in [2.05, 4.69) is 0 Å². The molecule has 2 N–H and O–H groups in total. The summed E-state index contributed by atoms with van der Waals surface area (Å²) in [6.45, 7) is 0.816. The fraction of sp³-hybridized carbons (Fsp3) is 1.00. The minimum Gasteiger partial charge on any atom is -0.304 e. The van der Waals surface area contributed by atoms with Crippen molar-refractivity contribution in [1.29, 1.82) is 0 Å². The van der Waals surface area contributed by atoms with E-state index in [1.165, 1.54) is 38.5 Å². The van der Waals surface area contributed by atoms with Crippen molar-refractivity contribution in [2.24, 2.45) is 29.1 Å². The molecule has 4 saturated carbocycles. The zero-order chi connectivity index (χ0) is 8.89. The van der Waals surface area contributed by atoms with E-state index in [1.807, 2.05) is 0 Å². The van der Waals surface area contributed by atoms with Crippen LogP contribution in [0.2, 0.25) is 0 Å². The van der Waals surface area contributed by atoms with Gasteiger partial charge in [0.15, 0.2) is 0 Å². The first-order valence-corrected chi connectivity index (χ1v) is 5.61. The van der Waals surface area contributed by atoms with Crippen LogP contribution in [0.5, 0.6) is 0 Å². The number of rotatable bonds is 2. The maximum atomic E-state index is 5.25. The van der Waals surface area contributed by atoms with Crippen LogP contribution >= 0.6 is 0 Å². The molecule has 4 bridgehead atoms. The highest BCUT2D eigenvalue weighted by atomic mass is 16.6. The molecule has 0 aromatic rings. The molecule has 0 amide bonds. The SMILES string of the molecule is NOCC12CC3CC(CC(C3)C1)C2. The second kappa shape index (κ2) is 2.71. The van der Waals surface area contributed by atoms with Gasteiger partial charge in [-0.2, -0.15) is 0 Å². The van der Waals surface area contributed by atoms with Crippen molar-refractivity contribution in [3.05, 3.63) is 0 Å². The molecular weight excluding hydrogens is 162 g/mol. The van der Waals surface area contributed by atoms with Gasteiger partial charge < -0.3 is 4.84 Å². The fourth-order valence-electron chi connectivity index (χ4n) is 4.64. The van der Waals surface area contributed by atoms with Crippen molar-refractivity contribution in [1.82, 2.24) is 0 Å². The van der Waals surface area contributed by atoms with Crippen molar-refractivity contribution in [2.45, 2.75) is 38.5 Å². The molecule has 4 rings (SSSR count). The molecule has 2 heteroatoms. The molecule has 0 atom stereocenters. The highest BCUT2D eigenvalue weighted by Gasteiger charge is 2.50. The predicted octanol–water partition coefficient (Wildman–Crippen LogP) is 2.09. The third-order valence-electron chi connectivity index (χ3n) is 4.55. The van der Waals surface area contributed by atoms with Gasteiger partial charge in [-0.15, -0.1) is 0 Å². The van der Waals surface area contributed by atoms with E-state index in [9.17, 15) is 0 Å². The van der Waals surface area contributed by atoms with Gasteiger partial charge in [0.05, 0.1) is 6.61 Å². The minimum atomic E-state index is 0.503. The first kappa shape index (κ1) is 8.25. The highest BCUT2D eigenvalue weighted by Crippen LogP contribution is 2.59. The van der Waals surface area contributed by atoms with E-state index < -0.39 is 0 Å². The number of nitrogens with two attached hydrogens (primary N) is 1. The van der Waals surface area contributed by atoms with Crippen molar-refractivity contribution in [3.63, 3.8) is 0 Å². The van der Waals surface area contributed by atoms with Gasteiger partial charge >= 0.3 is 0 Å². The van der Waals surface area contributed by atoms with E-state index in [4.69, 9.17) is 10.7 Å². The van der Waals surface area contributed by atoms with Gasteiger partial charge in [0.2, 0.25) is 0 Å². The maximum absolute atomic E-state index is 5.25. The third kappa shape index (κ3) is 1.23. The Hall–Kier alpha value is -0.0800. The second-order valence-corrected chi connectivity index (χ2v) is 5.73. The summed E-state index contributed by atoms with van der Waals surface area (Å²) in [5.74, 6) is 8.30. The summed E-state index contributed by atoms with van der Waals surface area (Å²) >= 11 is 0. The maximum Gasteiger partial charge on any atom is 0.0735 e. The van der Waals surface area contributed by atoms with Gasteiger partial charge in [-0.05, 0) is 61.7 Å². The third-order valence-corrected chi connectivity index (χ3v) is 4.55. The van der Waals surface area contributed by atoms with Crippen LogP contribution < -0.4 is 5.90 Å². The number of hydrogen-bond acceptors (Lipinski definition) is 2. The molecule has 0 unspecified atom stereocenters. The molecule has 13 heavy (non-hydrogen) atoms. The smallest absolute Gasteiger partial charge is 0.0735 e. The van der Waals surface area contributed by atoms with E-state index >= 15 is 0 Å². The summed E-state index contributed by atoms with van der Waals surface area (Å²) in [5, 5.41) is 0. The molecule has 0 aromatic heterocycles. The molecule has 0 spiro atoms. The van der Waals surface area contributed by atoms with Crippen LogP contribution in [0.1, 0.15) is 38.5 Å². The summed E-state index contributed by atoms with van der Waals surface area (Å²) in [7, 11) is 0. The molecule has 0 aromatic carbocycles. The quantitative estimate of drug-likeness (QED) is 0.662. The van der Waals surface area contributed by atoms with Crippen molar-refractivity contribution in [2.75, 3.05) is 6.61 Å². The van der Waals surface area contributed by atoms with Crippen LogP contribution in [0.3, 0.4) is 0 Å². The molecule has 2 nitrogen and oxygen atoms in total. The van der Waals surface area contributed by atoms with E-state index in [0.29, 0.717) is 5.41 Å². The Morgan fingerprint density at radius 3 is 1.85 bits per heavy atom. The van der Waals surface area contributed by atoms with Gasteiger partial charge in [-0.3, -0.25) is 0 Å². The summed E-state index contributed by atoms with van der Waals surface area (Å²) in [4.78, 5) is 4.93. The van der Waals surface area contributed by atoms with Crippen LogP contribution in [-0.2, 0) is 4.84 Å². The van der Waals surface area contributed by atoms with Crippen LogP contribution in [0.15, 0.2) is 0 Å². The fourth-order valence-corrected chi connectivity index (χ4v) is 4.64. The summed E-state index contributed by atoms with van der Waals surface area (Å²) in [6, 6.07) is 0. The van der Waals surface area contributed by atoms with Crippen LogP contribution in [0.25, 0.3) is 0 Å². The first-order valence-electron chi connectivity index (χ1n) is 5.61. The van der Waals surface area contributed by atoms with Crippen molar-refractivity contribution >= 4 is 0 Å². The molecule has 0 saturated heterocycles. The monoisotopic (exact) mass is 181 g/mol. The van der Waals surface area contributed by atoms with Gasteiger partial charge in [-0.1, -0.05) is 0 Å². The normalized spacial score (nSPS) is 52.8. The lowest BCUT2D eigenvalue weighted by Crippen LogP contribution is -2.48. The zero-order valence-electron chi connectivity index (χ0n) is 8.17. The van der Waals surface area contributed by atoms with Crippen LogP contribution in [0.4, 0.5) is 0 Å². The highest BCUT2D eigenvalue weighted by molar-refractivity contribution is 5.01. The lowest BCUT2D eigenvalue weighted by atomic mass is 9.50. The average molecular weight is 181 g/mol. The molecule has 4 aliphatic rings. The van der Waals surface area contributed by atoms with Gasteiger partial charge in [0.25, 0.3) is 0 Å². The molecule has 4 fully saturated rings. The zero-order valence-corrected chi connectivity index (χ0v) is 8.17. The Morgan fingerprint density at radius 1 is 1.00 bits per heavy atom. The molecule has 0 heterocycles. The van der Waals surface area contributed by atoms with E-state index in [1.54, 1.807) is 0 Å². The Balaban J connectivity index is 1.83. The standard InChI is InChI=1S/C11H19NO/c12-13-7-11-4-8-1-9(5-11)3-10(2-8)6-11/h8-10H,1-7,12H2. The topological polar surface area (TPSA) is 35.2 Å². The predicted molar refractivity (Wildman–Crippen MR) is 50.7 cm³/mol. The van der Waals surface area contributed by atoms with Crippen LogP contribution in [0, 0.1) is 23.2 Å². The van der Waals surface area contributed by atoms with E-state index in [0.717, 1.165) is 24.4 Å². The van der Waals surface area contributed by atoms with Crippen molar-refractivity contribution in [3.8, 4) is 0 Å². The summed E-state index contributed by atoms with van der Waals surface area (Å²) in [6.07, 6.45) is 8.71. The Morgan fingerprint density at radius 2 is 1.46 bits per heavy atom. The minimum absolute atomic E-state index is 0.503.